The fourth-order valence-electron chi connectivity index (χ4n) is 3.63. The Bertz CT molecular complexity index is 1050. The van der Waals surface area contributed by atoms with Crippen LogP contribution in [0.3, 0.4) is 0 Å². The molecule has 2 aromatic rings. The first-order valence-corrected chi connectivity index (χ1v) is 11.1. The van der Waals surface area contributed by atoms with E-state index >= 15 is 0 Å². The van der Waals surface area contributed by atoms with Gasteiger partial charge in [0.2, 0.25) is 15.9 Å². The maximum Gasteiger partial charge on any atom is 0.244 e. The molecule has 1 heterocycles. The molecule has 0 radical (unpaired) electrons. The summed E-state index contributed by atoms with van der Waals surface area (Å²) in [5.41, 5.74) is 3.69. The Balaban J connectivity index is 1.60. The molecule has 1 aliphatic rings. The monoisotopic (exact) mass is 411 g/mol. The molecule has 1 amide bonds. The highest BCUT2D eigenvalue weighted by molar-refractivity contribution is 7.89. The van der Waals surface area contributed by atoms with Gasteiger partial charge in [0.1, 0.15) is 6.07 Å². The summed E-state index contributed by atoms with van der Waals surface area (Å²) in [5, 5.41) is 9.20. The summed E-state index contributed by atoms with van der Waals surface area (Å²) in [6.45, 7) is 5.29. The molecule has 0 unspecified atom stereocenters. The van der Waals surface area contributed by atoms with Crippen LogP contribution in [0, 0.1) is 25.2 Å². The Kier molecular flexibility index (Phi) is 6.36. The maximum atomic E-state index is 12.9. The van der Waals surface area contributed by atoms with E-state index in [1.165, 1.54) is 33.1 Å². The van der Waals surface area contributed by atoms with E-state index in [1.54, 1.807) is 17.0 Å². The smallest absolute Gasteiger partial charge is 0.244 e. The van der Waals surface area contributed by atoms with Crippen molar-refractivity contribution in [2.24, 2.45) is 0 Å². The van der Waals surface area contributed by atoms with E-state index in [0.29, 0.717) is 25.9 Å². The number of carbonyl (C=O) groups excluding carboxylic acids is 1. The van der Waals surface area contributed by atoms with Gasteiger partial charge in [0.15, 0.2) is 0 Å². The van der Waals surface area contributed by atoms with Crippen molar-refractivity contribution in [2.45, 2.75) is 31.6 Å². The van der Waals surface area contributed by atoms with Crippen LogP contribution in [0.4, 0.5) is 0 Å². The van der Waals surface area contributed by atoms with Crippen molar-refractivity contribution in [3.8, 4) is 6.07 Å². The SMILES string of the molecule is Cc1ccc(CCC(=O)N2CCN(S(=O)(=O)c3ccccc3C#N)CC2)c(C)c1. The summed E-state index contributed by atoms with van der Waals surface area (Å²) < 4.78 is 27.1. The van der Waals surface area contributed by atoms with Gasteiger partial charge in [0.05, 0.1) is 10.5 Å². The van der Waals surface area contributed by atoms with Gasteiger partial charge in [-0.1, -0.05) is 35.9 Å². The highest BCUT2D eigenvalue weighted by atomic mass is 32.2. The van der Waals surface area contributed by atoms with Gasteiger partial charge in [-0.05, 0) is 43.5 Å². The fraction of sp³-hybridized carbons (Fsp3) is 0.364. The molecule has 6 nitrogen and oxygen atoms in total. The predicted octanol–water partition coefficient (Wildman–Crippen LogP) is 2.64. The first kappa shape index (κ1) is 21.0. The van der Waals surface area contributed by atoms with Crippen LogP contribution in [0.25, 0.3) is 0 Å². The Morgan fingerprint density at radius 2 is 1.76 bits per heavy atom. The summed E-state index contributed by atoms with van der Waals surface area (Å²) in [4.78, 5) is 14.3. The number of amides is 1. The quantitative estimate of drug-likeness (QED) is 0.757. The third-order valence-electron chi connectivity index (χ3n) is 5.32. The molecule has 0 aliphatic carbocycles. The minimum Gasteiger partial charge on any atom is -0.340 e. The molecule has 3 rings (SSSR count). The number of sulfonamides is 1. The van der Waals surface area contributed by atoms with Gasteiger partial charge < -0.3 is 4.90 Å². The minimum atomic E-state index is -3.75. The highest BCUT2D eigenvalue weighted by Crippen LogP contribution is 2.21. The number of carbonyl (C=O) groups is 1. The van der Waals surface area contributed by atoms with E-state index in [0.717, 1.165) is 0 Å². The Labute approximate surface area is 172 Å². The number of aryl methyl sites for hydroxylation is 3. The Hall–Kier alpha value is -2.69. The predicted molar refractivity (Wildman–Crippen MR) is 111 cm³/mol. The van der Waals surface area contributed by atoms with Crippen molar-refractivity contribution < 1.29 is 13.2 Å². The lowest BCUT2D eigenvalue weighted by Crippen LogP contribution is -2.50. The third-order valence-corrected chi connectivity index (χ3v) is 7.28. The molecule has 0 bridgehead atoms. The third kappa shape index (κ3) is 4.66. The lowest BCUT2D eigenvalue weighted by atomic mass is 10.0. The molecule has 7 heteroatoms. The first-order chi connectivity index (χ1) is 13.8. The van der Waals surface area contributed by atoms with Gasteiger partial charge in [-0.15, -0.1) is 0 Å². The van der Waals surface area contributed by atoms with Crippen molar-refractivity contribution in [1.82, 2.24) is 9.21 Å². The van der Waals surface area contributed by atoms with Crippen LogP contribution in [0.15, 0.2) is 47.4 Å². The van der Waals surface area contributed by atoms with Crippen molar-refractivity contribution >= 4 is 15.9 Å². The van der Waals surface area contributed by atoms with Gasteiger partial charge >= 0.3 is 0 Å². The number of piperazine rings is 1. The molecule has 0 saturated carbocycles. The van der Waals surface area contributed by atoms with Crippen LogP contribution in [-0.2, 0) is 21.2 Å². The molecule has 0 atom stereocenters. The molecule has 29 heavy (non-hydrogen) atoms. The van der Waals surface area contributed by atoms with E-state index in [4.69, 9.17) is 0 Å². The largest absolute Gasteiger partial charge is 0.340 e. The zero-order valence-corrected chi connectivity index (χ0v) is 17.6. The van der Waals surface area contributed by atoms with Gasteiger partial charge in [-0.25, -0.2) is 8.42 Å². The molecule has 0 N–H and O–H groups in total. The number of hydrogen-bond acceptors (Lipinski definition) is 4. The van der Waals surface area contributed by atoms with Gasteiger partial charge in [-0.3, -0.25) is 4.79 Å². The number of nitriles is 1. The second-order valence-corrected chi connectivity index (χ2v) is 9.23. The number of rotatable bonds is 5. The second-order valence-electron chi connectivity index (χ2n) is 7.32. The summed E-state index contributed by atoms with van der Waals surface area (Å²) >= 11 is 0. The van der Waals surface area contributed by atoms with Crippen molar-refractivity contribution in [1.29, 1.82) is 5.26 Å². The molecule has 0 aromatic heterocycles. The van der Waals surface area contributed by atoms with Crippen LogP contribution in [-0.4, -0.2) is 49.7 Å². The van der Waals surface area contributed by atoms with Crippen LogP contribution in [0.5, 0.6) is 0 Å². The summed E-state index contributed by atoms with van der Waals surface area (Å²) in [6, 6.07) is 14.4. The van der Waals surface area contributed by atoms with Crippen molar-refractivity contribution in [3.63, 3.8) is 0 Å². The average molecular weight is 412 g/mol. The normalized spacial score (nSPS) is 15.1. The van der Waals surface area contributed by atoms with Crippen molar-refractivity contribution in [2.75, 3.05) is 26.2 Å². The lowest BCUT2D eigenvalue weighted by Gasteiger charge is -2.34. The van der Waals surface area contributed by atoms with Crippen LogP contribution in [0.1, 0.15) is 28.7 Å². The minimum absolute atomic E-state index is 0.0251. The highest BCUT2D eigenvalue weighted by Gasteiger charge is 2.31. The van der Waals surface area contributed by atoms with E-state index in [1.807, 2.05) is 13.0 Å². The van der Waals surface area contributed by atoms with Crippen LogP contribution in [0.2, 0.25) is 0 Å². The zero-order chi connectivity index (χ0) is 21.0. The van der Waals surface area contributed by atoms with Crippen molar-refractivity contribution in [3.05, 3.63) is 64.7 Å². The number of hydrogen-bond donors (Lipinski definition) is 0. The van der Waals surface area contributed by atoms with E-state index < -0.39 is 10.0 Å². The molecule has 1 saturated heterocycles. The van der Waals surface area contributed by atoms with E-state index in [-0.39, 0.29) is 29.5 Å². The molecular formula is C22H25N3O3S. The summed E-state index contributed by atoms with van der Waals surface area (Å²) in [7, 11) is -3.75. The van der Waals surface area contributed by atoms with E-state index in [9.17, 15) is 18.5 Å². The number of benzene rings is 2. The van der Waals surface area contributed by atoms with Crippen LogP contribution < -0.4 is 0 Å². The topological polar surface area (TPSA) is 81.5 Å². The maximum absolute atomic E-state index is 12.9. The van der Waals surface area contributed by atoms with Gasteiger partial charge in [0, 0.05) is 32.6 Å². The fourth-order valence-corrected chi connectivity index (χ4v) is 5.19. The first-order valence-electron chi connectivity index (χ1n) is 9.66. The summed E-state index contributed by atoms with van der Waals surface area (Å²) in [6.07, 6.45) is 1.09. The number of nitrogens with zero attached hydrogens (tertiary/aromatic N) is 3. The average Bonchev–Trinajstić information content (AvgIpc) is 2.73. The second kappa shape index (κ2) is 8.76. The summed E-state index contributed by atoms with van der Waals surface area (Å²) in [5.74, 6) is 0.0412. The molecule has 1 aliphatic heterocycles. The molecule has 152 valence electrons. The zero-order valence-electron chi connectivity index (χ0n) is 16.8. The molecular weight excluding hydrogens is 386 g/mol. The standard InChI is InChI=1S/C22H25N3O3S/c1-17-7-8-19(18(2)15-17)9-10-22(26)24-11-13-25(14-12-24)29(27,28)21-6-4-3-5-20(21)16-23/h3-8,15H,9-14H2,1-2H3. The molecule has 1 fully saturated rings. The Morgan fingerprint density at radius 1 is 1.07 bits per heavy atom. The van der Waals surface area contributed by atoms with Gasteiger partial charge in [-0.2, -0.15) is 9.57 Å². The molecule has 0 spiro atoms. The van der Waals surface area contributed by atoms with Crippen LogP contribution >= 0.6 is 0 Å². The van der Waals surface area contributed by atoms with Gasteiger partial charge in [0.25, 0.3) is 0 Å². The Morgan fingerprint density at radius 3 is 2.41 bits per heavy atom. The van der Waals surface area contributed by atoms with E-state index in [2.05, 4.69) is 25.1 Å². The molecule has 2 aromatic carbocycles. The lowest BCUT2D eigenvalue weighted by molar-refractivity contribution is -0.132.